The molecule has 0 saturated carbocycles. The van der Waals surface area contributed by atoms with Crippen LogP contribution < -0.4 is 20.7 Å². The van der Waals surface area contributed by atoms with Crippen molar-refractivity contribution in [2.75, 3.05) is 72.6 Å². The molecule has 0 radical (unpaired) electrons. The summed E-state index contributed by atoms with van der Waals surface area (Å²) < 4.78 is 26.5. The molecule has 0 aromatic heterocycles. The van der Waals surface area contributed by atoms with Gasteiger partial charge in [-0.2, -0.15) is 0 Å². The predicted molar refractivity (Wildman–Crippen MR) is 180 cm³/mol. The van der Waals surface area contributed by atoms with Gasteiger partial charge in [0, 0.05) is 25.9 Å². The van der Waals surface area contributed by atoms with Gasteiger partial charge in [0.25, 0.3) is 0 Å². The normalized spacial score (nSPS) is 11.4. The van der Waals surface area contributed by atoms with Crippen molar-refractivity contribution >= 4 is 35.4 Å². The molecular formula is C34H53N3O13. The first-order valence-corrected chi connectivity index (χ1v) is 16.9. The third kappa shape index (κ3) is 24.9. The Labute approximate surface area is 292 Å². The van der Waals surface area contributed by atoms with Crippen LogP contribution in [-0.2, 0) is 42.9 Å². The molecule has 3 amide bonds. The van der Waals surface area contributed by atoms with E-state index in [1.165, 1.54) is 19.1 Å². The van der Waals surface area contributed by atoms with Crippen molar-refractivity contribution in [1.82, 2.24) is 16.0 Å². The van der Waals surface area contributed by atoms with Gasteiger partial charge in [0.15, 0.2) is 5.78 Å². The second kappa shape index (κ2) is 28.7. The smallest absolute Gasteiger partial charge is 0.335 e. The van der Waals surface area contributed by atoms with Crippen LogP contribution in [0.15, 0.2) is 24.3 Å². The summed E-state index contributed by atoms with van der Waals surface area (Å²) in [4.78, 5) is 69.4. The summed E-state index contributed by atoms with van der Waals surface area (Å²) in [5.74, 6) is -2.80. The third-order valence-electron chi connectivity index (χ3n) is 6.86. The van der Waals surface area contributed by atoms with Crippen LogP contribution in [0.2, 0.25) is 0 Å². The van der Waals surface area contributed by atoms with Crippen molar-refractivity contribution in [3.63, 3.8) is 0 Å². The van der Waals surface area contributed by atoms with E-state index in [9.17, 15) is 33.9 Å². The Kier molecular flexibility index (Phi) is 25.2. The fourth-order valence-electron chi connectivity index (χ4n) is 4.29. The highest BCUT2D eigenvalue weighted by Gasteiger charge is 2.20. The number of aromatic carboxylic acids is 1. The van der Waals surface area contributed by atoms with Crippen LogP contribution in [-0.4, -0.2) is 124 Å². The summed E-state index contributed by atoms with van der Waals surface area (Å²) in [6, 6.07) is 5.18. The maximum absolute atomic E-state index is 12.3. The topological polar surface area (TPSA) is 225 Å². The summed E-state index contributed by atoms with van der Waals surface area (Å²) in [7, 11) is 0. The van der Waals surface area contributed by atoms with Gasteiger partial charge < -0.3 is 49.8 Å². The molecule has 0 heterocycles. The van der Waals surface area contributed by atoms with Crippen molar-refractivity contribution in [3.05, 3.63) is 29.8 Å². The number of carboxylic acids is 2. The van der Waals surface area contributed by atoms with E-state index in [4.69, 9.17) is 28.8 Å². The number of nitrogens with one attached hydrogen (secondary N) is 3. The molecule has 0 spiro atoms. The minimum absolute atomic E-state index is 0.0476. The van der Waals surface area contributed by atoms with Crippen molar-refractivity contribution in [2.24, 2.45) is 0 Å². The van der Waals surface area contributed by atoms with Crippen molar-refractivity contribution < 1.29 is 62.7 Å². The molecule has 0 aliphatic rings. The molecule has 1 aromatic rings. The number of carbonyl (C=O) groups excluding carboxylic acids is 4. The van der Waals surface area contributed by atoms with Gasteiger partial charge in [0.2, 0.25) is 17.7 Å². The molecule has 16 heteroatoms. The lowest BCUT2D eigenvalue weighted by Crippen LogP contribution is -2.41. The number of hydrogen-bond donors (Lipinski definition) is 5. The SMILES string of the molecule is CC(=O)COCCOCCNC(=O)COCCOCCNC(=O)CC[C@H](NC(=O)CCCCCCCCOc1cccc(C(=O)O)c1)C(=O)O. The highest BCUT2D eigenvalue weighted by Crippen LogP contribution is 2.14. The predicted octanol–water partition coefficient (Wildman–Crippen LogP) is 1.73. The summed E-state index contributed by atoms with van der Waals surface area (Å²) in [6.07, 6.45) is 5.11. The summed E-state index contributed by atoms with van der Waals surface area (Å²) in [5, 5.41) is 26.2. The maximum atomic E-state index is 12.3. The van der Waals surface area contributed by atoms with Crippen LogP contribution in [0.3, 0.4) is 0 Å². The number of ketones is 1. The number of Topliss-reactive ketones (excluding diaryl/α,β-unsaturated/α-hetero) is 1. The molecule has 1 atom stereocenters. The quantitative estimate of drug-likeness (QED) is 0.0673. The molecule has 1 rings (SSSR count). The van der Waals surface area contributed by atoms with Gasteiger partial charge in [-0.05, 0) is 44.4 Å². The van der Waals surface area contributed by atoms with E-state index in [1.807, 2.05) is 0 Å². The van der Waals surface area contributed by atoms with Crippen LogP contribution in [0.25, 0.3) is 0 Å². The van der Waals surface area contributed by atoms with Crippen molar-refractivity contribution in [2.45, 2.75) is 70.8 Å². The van der Waals surface area contributed by atoms with Crippen LogP contribution >= 0.6 is 0 Å². The number of hydrogen-bond acceptors (Lipinski definition) is 11. The monoisotopic (exact) mass is 711 g/mol. The van der Waals surface area contributed by atoms with E-state index in [2.05, 4.69) is 16.0 Å². The second-order valence-electron chi connectivity index (χ2n) is 11.3. The van der Waals surface area contributed by atoms with Gasteiger partial charge in [0.05, 0.1) is 51.8 Å². The number of ether oxygens (including phenoxy) is 5. The lowest BCUT2D eigenvalue weighted by molar-refractivity contribution is -0.142. The minimum Gasteiger partial charge on any atom is -0.494 e. The first-order valence-electron chi connectivity index (χ1n) is 16.9. The summed E-state index contributed by atoms with van der Waals surface area (Å²) in [5.41, 5.74) is 0.178. The first kappa shape index (κ1) is 43.9. The number of amides is 3. The van der Waals surface area contributed by atoms with Gasteiger partial charge >= 0.3 is 11.9 Å². The zero-order valence-electron chi connectivity index (χ0n) is 28.9. The average molecular weight is 712 g/mol. The van der Waals surface area contributed by atoms with Crippen LogP contribution in [0.4, 0.5) is 0 Å². The van der Waals surface area contributed by atoms with E-state index < -0.39 is 18.0 Å². The Morgan fingerprint density at radius 2 is 1.26 bits per heavy atom. The number of carbonyl (C=O) groups is 6. The molecule has 50 heavy (non-hydrogen) atoms. The largest absolute Gasteiger partial charge is 0.494 e. The van der Waals surface area contributed by atoms with Gasteiger partial charge in [-0.15, -0.1) is 0 Å². The highest BCUT2D eigenvalue weighted by molar-refractivity contribution is 5.88. The molecule has 5 N–H and O–H groups in total. The van der Waals surface area contributed by atoms with Gasteiger partial charge in [-0.25, -0.2) is 9.59 Å². The van der Waals surface area contributed by atoms with Crippen molar-refractivity contribution in [1.29, 1.82) is 0 Å². The highest BCUT2D eigenvalue weighted by atomic mass is 16.5. The van der Waals surface area contributed by atoms with Gasteiger partial charge in [-0.3, -0.25) is 19.2 Å². The van der Waals surface area contributed by atoms with Crippen LogP contribution in [0, 0.1) is 0 Å². The fraction of sp³-hybridized carbons (Fsp3) is 0.647. The minimum atomic E-state index is -1.21. The van der Waals surface area contributed by atoms with Crippen molar-refractivity contribution in [3.8, 4) is 5.75 Å². The van der Waals surface area contributed by atoms with E-state index in [1.54, 1.807) is 12.1 Å². The Morgan fingerprint density at radius 1 is 0.660 bits per heavy atom. The van der Waals surface area contributed by atoms with E-state index in [-0.39, 0.29) is 87.9 Å². The second-order valence-corrected chi connectivity index (χ2v) is 11.3. The fourth-order valence-corrected chi connectivity index (χ4v) is 4.29. The maximum Gasteiger partial charge on any atom is 0.335 e. The Hall–Kier alpha value is -4.12. The number of aliphatic carboxylic acids is 1. The average Bonchev–Trinajstić information content (AvgIpc) is 3.08. The Balaban J connectivity index is 1.99. The molecular weight excluding hydrogens is 658 g/mol. The van der Waals surface area contributed by atoms with E-state index >= 15 is 0 Å². The molecule has 0 aliphatic carbocycles. The number of rotatable bonds is 32. The molecule has 282 valence electrons. The van der Waals surface area contributed by atoms with Gasteiger partial charge in [0.1, 0.15) is 25.0 Å². The Bertz CT molecular complexity index is 1160. The lowest BCUT2D eigenvalue weighted by Gasteiger charge is -2.14. The van der Waals surface area contributed by atoms with Crippen LogP contribution in [0.5, 0.6) is 5.75 Å². The molecule has 0 aliphatic heterocycles. The summed E-state index contributed by atoms with van der Waals surface area (Å²) >= 11 is 0. The lowest BCUT2D eigenvalue weighted by atomic mass is 10.1. The first-order chi connectivity index (χ1) is 24.1. The molecule has 1 aromatic carbocycles. The number of unbranched alkanes of at least 4 members (excludes halogenated alkanes) is 5. The zero-order valence-corrected chi connectivity index (χ0v) is 28.9. The molecule has 0 unspecified atom stereocenters. The molecule has 0 saturated heterocycles. The zero-order chi connectivity index (χ0) is 36.8. The van der Waals surface area contributed by atoms with E-state index in [0.717, 1.165) is 32.1 Å². The van der Waals surface area contributed by atoms with Crippen LogP contribution in [0.1, 0.15) is 75.1 Å². The Morgan fingerprint density at radius 3 is 1.90 bits per heavy atom. The third-order valence-corrected chi connectivity index (χ3v) is 6.86. The van der Waals surface area contributed by atoms with Gasteiger partial charge in [-0.1, -0.05) is 31.7 Å². The number of benzene rings is 1. The summed E-state index contributed by atoms with van der Waals surface area (Å²) in [6.45, 7) is 3.84. The number of carboxylic acid groups (broad SMARTS) is 2. The van der Waals surface area contributed by atoms with E-state index in [0.29, 0.717) is 45.1 Å². The molecule has 0 fully saturated rings. The molecule has 16 nitrogen and oxygen atoms in total. The standard InChI is InChI=1S/C34H53N3O13/c1-26(38)24-48-21-19-47-18-15-36-32(41)25-49-22-20-46-17-14-35-30(39)13-12-29(34(44)45)37-31(40)11-6-4-2-3-5-7-16-50-28-10-8-9-27(23-28)33(42)43/h8-10,23,29H,2-7,11-22,24-25H2,1H3,(H,35,39)(H,36,41)(H,37,40)(H,42,43)(H,44,45)/t29-/m0/s1. The molecule has 0 bridgehead atoms.